The summed E-state index contributed by atoms with van der Waals surface area (Å²) in [6, 6.07) is 4.40. The van der Waals surface area contributed by atoms with Crippen molar-refractivity contribution in [2.24, 2.45) is 0 Å². The van der Waals surface area contributed by atoms with E-state index in [4.69, 9.17) is 4.74 Å². The van der Waals surface area contributed by atoms with E-state index in [2.05, 4.69) is 10.4 Å². The average molecular weight is 343 g/mol. The van der Waals surface area contributed by atoms with Crippen molar-refractivity contribution in [2.45, 2.75) is 19.1 Å². The number of carbonyl (C=O) groups is 1. The van der Waals surface area contributed by atoms with E-state index >= 15 is 0 Å². The number of aromatic nitrogens is 2. The highest BCUT2D eigenvalue weighted by Gasteiger charge is 2.34. The van der Waals surface area contributed by atoms with Crippen molar-refractivity contribution in [3.05, 3.63) is 41.7 Å². The lowest BCUT2D eigenvalue weighted by atomic mass is 10.2. The monoisotopic (exact) mass is 343 g/mol. The topological polar surface area (TPSA) is 76.4 Å². The lowest BCUT2D eigenvalue weighted by molar-refractivity contribution is -0.137. The SMILES string of the molecule is COC[C@H](C)NC(=O)c1nn(-c2ccccc2C(F)(F)F)cc1O. The molecule has 0 unspecified atom stereocenters. The van der Waals surface area contributed by atoms with Crippen molar-refractivity contribution < 1.29 is 27.8 Å². The lowest BCUT2D eigenvalue weighted by Gasteiger charge is -2.12. The molecule has 9 heteroatoms. The van der Waals surface area contributed by atoms with Crippen molar-refractivity contribution in [3.63, 3.8) is 0 Å². The molecule has 1 atom stereocenters. The molecule has 0 radical (unpaired) electrons. The highest BCUT2D eigenvalue weighted by Crippen LogP contribution is 2.34. The van der Waals surface area contributed by atoms with Crippen molar-refractivity contribution >= 4 is 5.91 Å². The first-order chi connectivity index (χ1) is 11.2. The number of rotatable bonds is 5. The van der Waals surface area contributed by atoms with E-state index in [9.17, 15) is 23.1 Å². The Morgan fingerprint density at radius 3 is 2.71 bits per heavy atom. The maximum Gasteiger partial charge on any atom is 0.418 e. The zero-order chi connectivity index (χ0) is 17.9. The Bertz CT molecular complexity index is 728. The number of halogens is 3. The number of hydrogen-bond acceptors (Lipinski definition) is 4. The minimum atomic E-state index is -4.59. The summed E-state index contributed by atoms with van der Waals surface area (Å²) in [7, 11) is 1.46. The third-order valence-corrected chi connectivity index (χ3v) is 3.16. The van der Waals surface area contributed by atoms with Crippen LogP contribution in [0, 0.1) is 0 Å². The normalized spacial score (nSPS) is 12.9. The minimum absolute atomic E-state index is 0.240. The molecule has 0 bridgehead atoms. The van der Waals surface area contributed by atoms with Crippen molar-refractivity contribution in [1.29, 1.82) is 0 Å². The van der Waals surface area contributed by atoms with Gasteiger partial charge in [0.15, 0.2) is 11.4 Å². The van der Waals surface area contributed by atoms with Crippen LogP contribution in [-0.2, 0) is 10.9 Å². The van der Waals surface area contributed by atoms with E-state index in [1.165, 1.54) is 25.3 Å². The van der Waals surface area contributed by atoms with Gasteiger partial charge >= 0.3 is 6.18 Å². The predicted molar refractivity (Wildman–Crippen MR) is 79.0 cm³/mol. The predicted octanol–water partition coefficient (Wildman–Crippen LogP) is 2.36. The molecule has 0 fully saturated rings. The van der Waals surface area contributed by atoms with Gasteiger partial charge in [-0.05, 0) is 19.1 Å². The smallest absolute Gasteiger partial charge is 0.418 e. The van der Waals surface area contributed by atoms with E-state index in [0.29, 0.717) is 0 Å². The molecular formula is C15H16F3N3O3. The van der Waals surface area contributed by atoms with E-state index in [0.717, 1.165) is 16.9 Å². The van der Waals surface area contributed by atoms with Gasteiger partial charge in [-0.1, -0.05) is 12.1 Å². The van der Waals surface area contributed by atoms with Gasteiger partial charge in [0.1, 0.15) is 0 Å². The molecule has 0 aliphatic heterocycles. The fraction of sp³-hybridized carbons (Fsp3) is 0.333. The fourth-order valence-corrected chi connectivity index (χ4v) is 2.15. The third-order valence-electron chi connectivity index (χ3n) is 3.16. The number of amides is 1. The molecule has 1 aromatic heterocycles. The summed E-state index contributed by atoms with van der Waals surface area (Å²) in [6.07, 6.45) is -3.63. The first-order valence-electron chi connectivity index (χ1n) is 6.99. The number of hydrogen-bond donors (Lipinski definition) is 2. The Morgan fingerprint density at radius 1 is 1.42 bits per heavy atom. The molecule has 1 heterocycles. The second-order valence-corrected chi connectivity index (χ2v) is 5.15. The van der Waals surface area contributed by atoms with E-state index in [-0.39, 0.29) is 24.0 Å². The fourth-order valence-electron chi connectivity index (χ4n) is 2.15. The van der Waals surface area contributed by atoms with Gasteiger partial charge in [-0.3, -0.25) is 4.79 Å². The highest BCUT2D eigenvalue weighted by atomic mass is 19.4. The van der Waals surface area contributed by atoms with E-state index in [1.54, 1.807) is 6.92 Å². The van der Waals surface area contributed by atoms with Gasteiger partial charge in [-0.15, -0.1) is 0 Å². The molecule has 24 heavy (non-hydrogen) atoms. The molecule has 0 spiro atoms. The number of nitrogens with zero attached hydrogens (tertiary/aromatic N) is 2. The number of ether oxygens (including phenoxy) is 1. The maximum atomic E-state index is 13.1. The molecule has 0 aliphatic rings. The van der Waals surface area contributed by atoms with Gasteiger partial charge in [-0.2, -0.15) is 18.3 Å². The van der Waals surface area contributed by atoms with Crippen LogP contribution in [-0.4, -0.2) is 40.6 Å². The van der Waals surface area contributed by atoms with Crippen LogP contribution in [0.1, 0.15) is 23.0 Å². The number of methoxy groups -OCH3 is 1. The summed E-state index contributed by atoms with van der Waals surface area (Å²) in [6.45, 7) is 1.92. The van der Waals surface area contributed by atoms with Gasteiger partial charge in [0, 0.05) is 13.2 Å². The number of nitrogens with one attached hydrogen (secondary N) is 1. The van der Waals surface area contributed by atoms with E-state index in [1.807, 2.05) is 0 Å². The molecular weight excluding hydrogens is 327 g/mol. The van der Waals surface area contributed by atoms with E-state index < -0.39 is 23.4 Å². The molecule has 2 N–H and O–H groups in total. The molecule has 6 nitrogen and oxygen atoms in total. The van der Waals surface area contributed by atoms with Gasteiger partial charge in [0.05, 0.1) is 24.1 Å². The molecule has 2 rings (SSSR count). The summed E-state index contributed by atoms with van der Waals surface area (Å²) in [5, 5.41) is 16.1. The van der Waals surface area contributed by atoms with Gasteiger partial charge < -0.3 is 15.2 Å². The Hall–Kier alpha value is -2.55. The molecule has 1 amide bonds. The number of benzene rings is 1. The van der Waals surface area contributed by atoms with Crippen LogP contribution < -0.4 is 5.32 Å². The van der Waals surface area contributed by atoms with Crippen molar-refractivity contribution in [2.75, 3.05) is 13.7 Å². The van der Waals surface area contributed by atoms with Crippen LogP contribution >= 0.6 is 0 Å². The summed E-state index contributed by atoms with van der Waals surface area (Å²) in [5.74, 6) is -1.23. The summed E-state index contributed by atoms with van der Waals surface area (Å²) >= 11 is 0. The first kappa shape index (κ1) is 17.8. The Morgan fingerprint density at radius 2 is 2.08 bits per heavy atom. The molecule has 0 saturated carbocycles. The molecule has 0 saturated heterocycles. The van der Waals surface area contributed by atoms with Crippen LogP contribution in [0.5, 0.6) is 5.75 Å². The minimum Gasteiger partial charge on any atom is -0.504 e. The number of carbonyl (C=O) groups excluding carboxylic acids is 1. The van der Waals surface area contributed by atoms with Crippen LogP contribution in [0.3, 0.4) is 0 Å². The van der Waals surface area contributed by atoms with Crippen LogP contribution in [0.25, 0.3) is 5.69 Å². The van der Waals surface area contributed by atoms with Crippen LogP contribution in [0.2, 0.25) is 0 Å². The standard InChI is InChI=1S/C15H16F3N3O3/c1-9(8-24-2)19-14(23)13-12(22)7-21(20-13)11-6-4-3-5-10(11)15(16,17)18/h3-7,9,22H,8H2,1-2H3,(H,19,23)/t9-/m0/s1. The second-order valence-electron chi connectivity index (χ2n) is 5.15. The first-order valence-corrected chi connectivity index (χ1v) is 6.99. The van der Waals surface area contributed by atoms with Crippen molar-refractivity contribution in [1.82, 2.24) is 15.1 Å². The average Bonchev–Trinajstić information content (AvgIpc) is 2.88. The Balaban J connectivity index is 2.35. The summed E-state index contributed by atoms with van der Waals surface area (Å²) in [4.78, 5) is 12.1. The lowest BCUT2D eigenvalue weighted by Crippen LogP contribution is -2.35. The van der Waals surface area contributed by atoms with Crippen molar-refractivity contribution in [3.8, 4) is 11.4 Å². The molecule has 130 valence electrons. The van der Waals surface area contributed by atoms with Crippen LogP contribution in [0.15, 0.2) is 30.5 Å². The van der Waals surface area contributed by atoms with Gasteiger partial charge in [0.25, 0.3) is 5.91 Å². The maximum absolute atomic E-state index is 13.1. The number of para-hydroxylation sites is 1. The Kier molecular flexibility index (Phi) is 5.13. The third kappa shape index (κ3) is 3.85. The summed E-state index contributed by atoms with van der Waals surface area (Å²) in [5.41, 5.74) is -1.58. The number of alkyl halides is 3. The zero-order valence-electron chi connectivity index (χ0n) is 13.0. The number of aromatic hydroxyl groups is 1. The Labute approximate surface area is 135 Å². The molecule has 2 aromatic rings. The second kappa shape index (κ2) is 6.91. The molecule has 0 aliphatic carbocycles. The van der Waals surface area contributed by atoms with Gasteiger partial charge in [0.2, 0.25) is 0 Å². The van der Waals surface area contributed by atoms with Gasteiger partial charge in [-0.25, -0.2) is 4.68 Å². The zero-order valence-corrected chi connectivity index (χ0v) is 13.0. The van der Waals surface area contributed by atoms with Crippen LogP contribution in [0.4, 0.5) is 13.2 Å². The largest absolute Gasteiger partial charge is 0.504 e. The quantitative estimate of drug-likeness (QED) is 0.874. The molecule has 1 aromatic carbocycles. The highest BCUT2D eigenvalue weighted by molar-refractivity contribution is 5.95. The summed E-state index contributed by atoms with van der Waals surface area (Å²) < 4.78 is 44.9.